The summed E-state index contributed by atoms with van der Waals surface area (Å²) in [5, 5.41) is 5.20. The van der Waals surface area contributed by atoms with Crippen molar-refractivity contribution in [3.63, 3.8) is 0 Å². The highest BCUT2D eigenvalue weighted by atomic mass is 19.1. The first-order chi connectivity index (χ1) is 12.4. The van der Waals surface area contributed by atoms with E-state index in [1.165, 1.54) is 26.4 Å². The van der Waals surface area contributed by atoms with Gasteiger partial charge in [-0.25, -0.2) is 4.39 Å². The van der Waals surface area contributed by atoms with E-state index in [9.17, 15) is 14.0 Å². The summed E-state index contributed by atoms with van der Waals surface area (Å²) in [4.78, 5) is 24.0. The van der Waals surface area contributed by atoms with E-state index in [1.54, 1.807) is 18.2 Å². The van der Waals surface area contributed by atoms with Crippen LogP contribution in [0.1, 0.15) is 11.1 Å². The fourth-order valence-electron chi connectivity index (χ4n) is 2.36. The zero-order valence-corrected chi connectivity index (χ0v) is 14.9. The lowest BCUT2D eigenvalue weighted by Gasteiger charge is -2.11. The van der Waals surface area contributed by atoms with E-state index in [0.29, 0.717) is 17.0 Å². The number of ether oxygens (including phenoxy) is 2. The summed E-state index contributed by atoms with van der Waals surface area (Å²) in [6.07, 6.45) is -0.0397. The van der Waals surface area contributed by atoms with Crippen molar-refractivity contribution in [3.8, 4) is 11.5 Å². The summed E-state index contributed by atoms with van der Waals surface area (Å²) < 4.78 is 23.6. The number of hydrogen-bond donors (Lipinski definition) is 2. The SMILES string of the molecule is COc1ccc(CC(=O)NCC(=O)Nc2cc(C)ccc2OC)cc1F. The quantitative estimate of drug-likeness (QED) is 0.795. The third kappa shape index (κ3) is 5.20. The molecule has 26 heavy (non-hydrogen) atoms. The van der Waals surface area contributed by atoms with Crippen LogP contribution in [0.2, 0.25) is 0 Å². The van der Waals surface area contributed by atoms with E-state index in [1.807, 2.05) is 13.0 Å². The van der Waals surface area contributed by atoms with Crippen LogP contribution in [-0.4, -0.2) is 32.6 Å². The summed E-state index contributed by atoms with van der Waals surface area (Å²) in [5.74, 6) is -0.671. The molecule has 0 fully saturated rings. The van der Waals surface area contributed by atoms with E-state index in [4.69, 9.17) is 9.47 Å². The number of anilines is 1. The van der Waals surface area contributed by atoms with Crippen molar-refractivity contribution in [3.05, 3.63) is 53.3 Å². The minimum absolute atomic E-state index is 0.0397. The van der Waals surface area contributed by atoms with Gasteiger partial charge in [-0.15, -0.1) is 0 Å². The summed E-state index contributed by atoms with van der Waals surface area (Å²) >= 11 is 0. The first-order valence-corrected chi connectivity index (χ1v) is 7.96. The third-order valence-corrected chi connectivity index (χ3v) is 3.66. The molecule has 0 saturated carbocycles. The predicted octanol–water partition coefficient (Wildman–Crippen LogP) is 2.45. The Morgan fingerprint density at radius 1 is 1.00 bits per heavy atom. The Morgan fingerprint density at radius 3 is 2.35 bits per heavy atom. The van der Waals surface area contributed by atoms with Gasteiger partial charge in [0.2, 0.25) is 11.8 Å². The second kappa shape index (κ2) is 8.84. The van der Waals surface area contributed by atoms with Crippen LogP contribution in [0.25, 0.3) is 0 Å². The third-order valence-electron chi connectivity index (χ3n) is 3.66. The van der Waals surface area contributed by atoms with Gasteiger partial charge in [-0.05, 0) is 42.3 Å². The van der Waals surface area contributed by atoms with Crippen LogP contribution in [0.5, 0.6) is 11.5 Å². The van der Waals surface area contributed by atoms with Crippen LogP contribution >= 0.6 is 0 Å². The number of methoxy groups -OCH3 is 2. The average molecular weight is 360 g/mol. The van der Waals surface area contributed by atoms with E-state index < -0.39 is 5.82 Å². The molecule has 0 spiro atoms. The Bertz CT molecular complexity index is 808. The summed E-state index contributed by atoms with van der Waals surface area (Å²) in [6, 6.07) is 9.68. The van der Waals surface area contributed by atoms with Gasteiger partial charge < -0.3 is 20.1 Å². The molecule has 7 heteroatoms. The Kier molecular flexibility index (Phi) is 6.54. The van der Waals surface area contributed by atoms with Crippen molar-refractivity contribution in [2.45, 2.75) is 13.3 Å². The molecule has 0 bridgehead atoms. The Hall–Kier alpha value is -3.09. The van der Waals surface area contributed by atoms with Gasteiger partial charge in [0.1, 0.15) is 5.75 Å². The average Bonchev–Trinajstić information content (AvgIpc) is 2.60. The molecule has 2 aromatic carbocycles. The maximum absolute atomic E-state index is 13.6. The molecule has 0 atom stereocenters. The molecule has 0 aromatic heterocycles. The highest BCUT2D eigenvalue weighted by Crippen LogP contribution is 2.25. The highest BCUT2D eigenvalue weighted by molar-refractivity contribution is 5.96. The van der Waals surface area contributed by atoms with Crippen molar-refractivity contribution >= 4 is 17.5 Å². The zero-order chi connectivity index (χ0) is 19.1. The molecule has 0 heterocycles. The number of halogens is 1. The summed E-state index contributed by atoms with van der Waals surface area (Å²) in [5.41, 5.74) is 1.98. The van der Waals surface area contributed by atoms with Gasteiger partial charge >= 0.3 is 0 Å². The number of carbonyl (C=O) groups excluding carboxylic acids is 2. The van der Waals surface area contributed by atoms with E-state index >= 15 is 0 Å². The molecule has 0 unspecified atom stereocenters. The van der Waals surface area contributed by atoms with Crippen LogP contribution in [0, 0.1) is 12.7 Å². The molecule has 2 N–H and O–H groups in total. The number of amides is 2. The number of nitrogens with one attached hydrogen (secondary N) is 2. The van der Waals surface area contributed by atoms with Gasteiger partial charge in [0.15, 0.2) is 11.6 Å². The van der Waals surface area contributed by atoms with Crippen LogP contribution in [0.4, 0.5) is 10.1 Å². The molecule has 138 valence electrons. The van der Waals surface area contributed by atoms with E-state index in [-0.39, 0.29) is 30.5 Å². The van der Waals surface area contributed by atoms with Crippen molar-refractivity contribution < 1.29 is 23.5 Å². The zero-order valence-electron chi connectivity index (χ0n) is 14.9. The van der Waals surface area contributed by atoms with E-state index in [2.05, 4.69) is 10.6 Å². The summed E-state index contributed by atoms with van der Waals surface area (Å²) in [6.45, 7) is 1.69. The first-order valence-electron chi connectivity index (χ1n) is 7.96. The molecule has 2 aromatic rings. The summed E-state index contributed by atoms with van der Waals surface area (Å²) in [7, 11) is 2.88. The van der Waals surface area contributed by atoms with Gasteiger partial charge in [-0.3, -0.25) is 9.59 Å². The van der Waals surface area contributed by atoms with Gasteiger partial charge in [0.25, 0.3) is 0 Å². The maximum Gasteiger partial charge on any atom is 0.243 e. The van der Waals surface area contributed by atoms with Crippen LogP contribution in [0.15, 0.2) is 36.4 Å². The minimum Gasteiger partial charge on any atom is -0.495 e. The number of hydrogen-bond acceptors (Lipinski definition) is 4. The van der Waals surface area contributed by atoms with Crippen molar-refractivity contribution in [2.75, 3.05) is 26.1 Å². The molecule has 0 aliphatic heterocycles. The van der Waals surface area contributed by atoms with Gasteiger partial charge in [-0.1, -0.05) is 12.1 Å². The molecule has 0 radical (unpaired) electrons. The number of carbonyl (C=O) groups is 2. The van der Waals surface area contributed by atoms with Crippen LogP contribution in [-0.2, 0) is 16.0 Å². The Balaban J connectivity index is 1.88. The standard InChI is InChI=1S/C19H21FN2O4/c1-12-4-6-17(26-3)15(8-12)22-19(24)11-21-18(23)10-13-5-7-16(25-2)14(20)9-13/h4-9H,10-11H2,1-3H3,(H,21,23)(H,22,24). The Labute approximate surface area is 151 Å². The monoisotopic (exact) mass is 360 g/mol. The smallest absolute Gasteiger partial charge is 0.243 e. The molecule has 0 aliphatic carbocycles. The van der Waals surface area contributed by atoms with Gasteiger partial charge in [0.05, 0.1) is 32.9 Å². The number of rotatable bonds is 7. The predicted molar refractivity (Wildman–Crippen MR) is 96.0 cm³/mol. The Morgan fingerprint density at radius 2 is 1.69 bits per heavy atom. The molecule has 0 aliphatic rings. The first kappa shape index (κ1) is 19.2. The van der Waals surface area contributed by atoms with Crippen molar-refractivity contribution in [1.29, 1.82) is 0 Å². The van der Waals surface area contributed by atoms with E-state index in [0.717, 1.165) is 5.56 Å². The van der Waals surface area contributed by atoms with Crippen molar-refractivity contribution in [2.24, 2.45) is 0 Å². The molecule has 0 saturated heterocycles. The molecular formula is C19H21FN2O4. The topological polar surface area (TPSA) is 76.7 Å². The maximum atomic E-state index is 13.6. The fraction of sp³-hybridized carbons (Fsp3) is 0.263. The van der Waals surface area contributed by atoms with Crippen LogP contribution < -0.4 is 20.1 Å². The highest BCUT2D eigenvalue weighted by Gasteiger charge is 2.11. The molecular weight excluding hydrogens is 339 g/mol. The molecule has 2 rings (SSSR count). The van der Waals surface area contributed by atoms with Crippen molar-refractivity contribution in [1.82, 2.24) is 5.32 Å². The fourth-order valence-corrected chi connectivity index (χ4v) is 2.36. The largest absolute Gasteiger partial charge is 0.495 e. The number of aryl methyl sites for hydroxylation is 1. The second-order valence-corrected chi connectivity index (χ2v) is 5.67. The molecule has 6 nitrogen and oxygen atoms in total. The normalized spacial score (nSPS) is 10.2. The van der Waals surface area contributed by atoms with Gasteiger partial charge in [0, 0.05) is 0 Å². The lowest BCUT2D eigenvalue weighted by Crippen LogP contribution is -2.33. The minimum atomic E-state index is -0.540. The van der Waals surface area contributed by atoms with Gasteiger partial charge in [-0.2, -0.15) is 0 Å². The lowest BCUT2D eigenvalue weighted by atomic mass is 10.1. The lowest BCUT2D eigenvalue weighted by molar-refractivity contribution is -0.123. The second-order valence-electron chi connectivity index (χ2n) is 5.67. The van der Waals surface area contributed by atoms with Crippen LogP contribution in [0.3, 0.4) is 0 Å². The number of benzene rings is 2. The molecule has 2 amide bonds.